The molecule has 0 bridgehead atoms. The molecule has 1 aliphatic rings. The van der Waals surface area contributed by atoms with Gasteiger partial charge in [0, 0.05) is 23.8 Å². The summed E-state index contributed by atoms with van der Waals surface area (Å²) in [6.07, 6.45) is 6.25. The van der Waals surface area contributed by atoms with Gasteiger partial charge in [-0.15, -0.1) is 0 Å². The Labute approximate surface area is 256 Å². The third-order valence-corrected chi connectivity index (χ3v) is 7.72. The number of nitrogens with zero attached hydrogens (tertiary/aromatic N) is 3. The number of aromatic nitrogens is 3. The van der Waals surface area contributed by atoms with Crippen LogP contribution < -0.4 is 15.6 Å². The second-order valence-corrected chi connectivity index (χ2v) is 12.6. The van der Waals surface area contributed by atoms with E-state index >= 15 is 0 Å². The van der Waals surface area contributed by atoms with E-state index < -0.39 is 23.2 Å². The number of amides is 1. The summed E-state index contributed by atoms with van der Waals surface area (Å²) in [4.78, 5) is 56.5. The average molecular weight is 607 g/mol. The highest BCUT2D eigenvalue weighted by atomic mass is 16.6. The lowest BCUT2D eigenvalue weighted by atomic mass is 9.82. The molecule has 0 spiro atoms. The van der Waals surface area contributed by atoms with Gasteiger partial charge in [-0.25, -0.2) is 14.6 Å². The molecule has 2 atom stereocenters. The molecule has 0 saturated heterocycles. The van der Waals surface area contributed by atoms with Crippen molar-refractivity contribution in [3.8, 4) is 5.75 Å². The van der Waals surface area contributed by atoms with E-state index in [0.29, 0.717) is 29.8 Å². The summed E-state index contributed by atoms with van der Waals surface area (Å²) >= 11 is 0. The number of Topliss-reactive ketones (excluding diaryl/α,β-unsaturated/α-hetero) is 1. The van der Waals surface area contributed by atoms with Crippen LogP contribution in [-0.2, 0) is 24.2 Å². The molecule has 11 heteroatoms. The second-order valence-electron chi connectivity index (χ2n) is 12.6. The first-order chi connectivity index (χ1) is 20.8. The van der Waals surface area contributed by atoms with Crippen molar-refractivity contribution in [2.75, 3.05) is 7.11 Å². The number of fused-ring (bicyclic) bond motifs is 1. The average Bonchev–Trinajstić information content (AvgIpc) is 3.26. The topological polar surface area (TPSA) is 142 Å². The summed E-state index contributed by atoms with van der Waals surface area (Å²) < 4.78 is 13.6. The summed E-state index contributed by atoms with van der Waals surface area (Å²) in [5, 5.41) is 13.3. The Kier molecular flexibility index (Phi) is 9.96. The molecule has 1 amide bonds. The number of ether oxygens (including phenoxy) is 2. The van der Waals surface area contributed by atoms with Gasteiger partial charge in [-0.1, -0.05) is 30.2 Å². The van der Waals surface area contributed by atoms with Crippen molar-refractivity contribution in [3.63, 3.8) is 0 Å². The lowest BCUT2D eigenvalue weighted by molar-refractivity contribution is 0.0484. The lowest BCUT2D eigenvalue weighted by Gasteiger charge is -2.31. The van der Waals surface area contributed by atoms with Gasteiger partial charge in [0.2, 0.25) is 0 Å². The summed E-state index contributed by atoms with van der Waals surface area (Å²) in [7, 11) is 1.51. The van der Waals surface area contributed by atoms with Gasteiger partial charge in [0.05, 0.1) is 20.0 Å². The van der Waals surface area contributed by atoms with Gasteiger partial charge in [-0.05, 0) is 78.4 Å². The molecule has 1 fully saturated rings. The molecule has 1 aliphatic carbocycles. The number of methoxy groups -OCH3 is 1. The van der Waals surface area contributed by atoms with Crippen LogP contribution in [0.5, 0.6) is 5.75 Å². The zero-order valence-corrected chi connectivity index (χ0v) is 26.3. The molecular weight excluding hydrogens is 564 g/mol. The summed E-state index contributed by atoms with van der Waals surface area (Å²) in [5.74, 6) is -0.890. The van der Waals surface area contributed by atoms with Gasteiger partial charge in [-0.3, -0.25) is 14.2 Å². The quantitative estimate of drug-likeness (QED) is 0.231. The largest absolute Gasteiger partial charge is 0.497 e. The van der Waals surface area contributed by atoms with Crippen molar-refractivity contribution in [1.82, 2.24) is 19.4 Å². The van der Waals surface area contributed by atoms with Crippen molar-refractivity contribution in [1.29, 1.82) is 0 Å². The minimum absolute atomic E-state index is 0.00671. The smallest absolute Gasteiger partial charge is 0.407 e. The number of benzene rings is 1. The molecule has 11 nitrogen and oxygen atoms in total. The molecule has 44 heavy (non-hydrogen) atoms. The van der Waals surface area contributed by atoms with Crippen LogP contribution in [0, 0.1) is 5.92 Å². The molecule has 2 heterocycles. The number of hydrogen-bond donors (Lipinski definition) is 2. The maximum atomic E-state index is 13.9. The van der Waals surface area contributed by atoms with Crippen LogP contribution in [0.15, 0.2) is 47.0 Å². The highest BCUT2D eigenvalue weighted by Crippen LogP contribution is 2.32. The Bertz CT molecular complexity index is 1640. The molecule has 0 radical (unpaired) electrons. The Hall–Kier alpha value is -4.41. The number of allylic oxidation sites excluding steroid dienone is 2. The molecule has 2 N–H and O–H groups in total. The third-order valence-electron chi connectivity index (χ3n) is 7.72. The minimum Gasteiger partial charge on any atom is -0.497 e. The molecule has 4 rings (SSSR count). The number of carboxylic acid groups (broad SMARTS) is 1. The van der Waals surface area contributed by atoms with Gasteiger partial charge in [-0.2, -0.15) is 0 Å². The number of ketones is 1. The fourth-order valence-corrected chi connectivity index (χ4v) is 5.73. The van der Waals surface area contributed by atoms with Crippen LogP contribution in [0.2, 0.25) is 0 Å². The molecular formula is C33H42N4O7. The monoisotopic (exact) mass is 606 g/mol. The van der Waals surface area contributed by atoms with E-state index in [-0.39, 0.29) is 47.4 Å². The van der Waals surface area contributed by atoms with Crippen molar-refractivity contribution in [2.45, 2.75) is 91.5 Å². The molecule has 1 saturated carbocycles. The van der Waals surface area contributed by atoms with Crippen molar-refractivity contribution >= 4 is 28.9 Å². The van der Waals surface area contributed by atoms with Gasteiger partial charge < -0.3 is 24.5 Å². The molecule has 1 aromatic carbocycles. The maximum absolute atomic E-state index is 13.9. The zero-order chi connectivity index (χ0) is 32.2. The van der Waals surface area contributed by atoms with Crippen molar-refractivity contribution < 1.29 is 29.0 Å². The second kappa shape index (κ2) is 13.5. The van der Waals surface area contributed by atoms with Crippen LogP contribution in [0.25, 0.3) is 11.0 Å². The highest BCUT2D eigenvalue weighted by Gasteiger charge is 2.31. The van der Waals surface area contributed by atoms with Gasteiger partial charge >= 0.3 is 12.1 Å². The Morgan fingerprint density at radius 2 is 1.93 bits per heavy atom. The molecule has 3 aromatic rings. The maximum Gasteiger partial charge on any atom is 0.407 e. The Morgan fingerprint density at radius 3 is 2.59 bits per heavy atom. The summed E-state index contributed by atoms with van der Waals surface area (Å²) in [6, 6.07) is 6.57. The van der Waals surface area contributed by atoms with E-state index in [1.54, 1.807) is 28.8 Å². The molecule has 1 unspecified atom stereocenters. The van der Waals surface area contributed by atoms with Crippen LogP contribution in [0.4, 0.5) is 4.79 Å². The Balaban J connectivity index is 1.71. The highest BCUT2D eigenvalue weighted by molar-refractivity contribution is 6.03. The number of carbonyl (C=O) groups is 3. The fraction of sp³-hybridized carbons (Fsp3) is 0.485. The first-order valence-electron chi connectivity index (χ1n) is 14.9. The van der Waals surface area contributed by atoms with E-state index in [2.05, 4.69) is 10.3 Å². The zero-order valence-electron chi connectivity index (χ0n) is 26.3. The van der Waals surface area contributed by atoms with Crippen LogP contribution >= 0.6 is 0 Å². The van der Waals surface area contributed by atoms with Gasteiger partial charge in [0.1, 0.15) is 27.9 Å². The number of alkyl carbamates (subject to hydrolysis) is 1. The predicted molar refractivity (Wildman–Crippen MR) is 167 cm³/mol. The van der Waals surface area contributed by atoms with E-state index in [0.717, 1.165) is 24.8 Å². The first-order valence-corrected chi connectivity index (χ1v) is 14.9. The Morgan fingerprint density at radius 1 is 1.18 bits per heavy atom. The number of rotatable bonds is 10. The van der Waals surface area contributed by atoms with Crippen LogP contribution in [0.1, 0.15) is 86.7 Å². The molecule has 0 aliphatic heterocycles. The number of aromatic carboxylic acids is 1. The van der Waals surface area contributed by atoms with E-state index in [4.69, 9.17) is 9.47 Å². The first kappa shape index (κ1) is 32.5. The number of nitrogens with one attached hydrogen (secondary N) is 1. The molecule has 236 valence electrons. The van der Waals surface area contributed by atoms with E-state index in [1.807, 2.05) is 40.7 Å². The van der Waals surface area contributed by atoms with Crippen LogP contribution in [-0.4, -0.2) is 55.8 Å². The predicted octanol–water partition coefficient (Wildman–Crippen LogP) is 5.38. The fourth-order valence-electron chi connectivity index (χ4n) is 5.73. The number of hydrogen-bond acceptors (Lipinski definition) is 7. The standard InChI is InChI=1S/C33H42N4O7/c1-20(2)13-14-37-25(16-21-9-7-11-23(15-21)35-32(42)44-33(3,4)5)27(31(40)41)28-29(37)30(39)36(19-34-28)18-26(38)22-10-8-12-24(17-22)43-6/h8,10,12-13,17,19,21,23H,7,9,11,14-16,18H2,1-6H3,(H,35,42)(H,40,41)/t21?,23-/m1/s1. The minimum atomic E-state index is -1.17. The van der Waals surface area contributed by atoms with E-state index in [1.165, 1.54) is 18.0 Å². The van der Waals surface area contributed by atoms with Crippen molar-refractivity contribution in [3.05, 3.63) is 69.4 Å². The normalized spacial score (nSPS) is 16.8. The third kappa shape index (κ3) is 7.75. The molecule has 2 aromatic heterocycles. The number of carboxylic acids is 1. The van der Waals surface area contributed by atoms with Gasteiger partial charge in [0.15, 0.2) is 5.78 Å². The van der Waals surface area contributed by atoms with Crippen molar-refractivity contribution in [2.24, 2.45) is 5.92 Å². The summed E-state index contributed by atoms with van der Waals surface area (Å²) in [5.41, 5.74) is 1.04. The number of carbonyl (C=O) groups excluding carboxylic acids is 2. The van der Waals surface area contributed by atoms with Gasteiger partial charge in [0.25, 0.3) is 5.56 Å². The lowest BCUT2D eigenvalue weighted by Crippen LogP contribution is -2.41. The summed E-state index contributed by atoms with van der Waals surface area (Å²) in [6.45, 7) is 9.31. The van der Waals surface area contributed by atoms with E-state index in [9.17, 15) is 24.3 Å². The SMILES string of the molecule is COc1cccc(C(=O)Cn2cnc3c(C(=O)O)c(CC4CCC[C@@H](NC(=O)OC(C)(C)C)C4)n(CC=C(C)C)c3c2=O)c1. The van der Waals surface area contributed by atoms with Crippen LogP contribution in [0.3, 0.4) is 0 Å².